The van der Waals surface area contributed by atoms with Gasteiger partial charge < -0.3 is 10.5 Å². The van der Waals surface area contributed by atoms with Crippen LogP contribution in [0.3, 0.4) is 0 Å². The number of nitrogens with one attached hydrogen (secondary N) is 1. The molecule has 0 aliphatic rings. The highest BCUT2D eigenvalue weighted by atomic mass is 19.4. The Bertz CT molecular complexity index is 435. The second-order valence-electron chi connectivity index (χ2n) is 3.84. The molecule has 3 N–H and O–H groups in total. The first-order valence-corrected chi connectivity index (χ1v) is 5.65. The van der Waals surface area contributed by atoms with Gasteiger partial charge in [0.25, 0.3) is 0 Å². The predicted octanol–water partition coefficient (Wildman–Crippen LogP) is 1.76. The van der Waals surface area contributed by atoms with E-state index < -0.39 is 24.7 Å². The molecule has 1 aromatic rings. The van der Waals surface area contributed by atoms with Gasteiger partial charge in [0.2, 0.25) is 5.91 Å². The number of carbonyl (C=O) groups excluding carboxylic acids is 1. The Labute approximate surface area is 108 Å². The van der Waals surface area contributed by atoms with Crippen molar-refractivity contribution >= 4 is 5.91 Å². The molecule has 7 heteroatoms. The van der Waals surface area contributed by atoms with Gasteiger partial charge in [0.15, 0.2) is 0 Å². The van der Waals surface area contributed by atoms with Crippen LogP contribution in [0.5, 0.6) is 5.75 Å². The fourth-order valence-electron chi connectivity index (χ4n) is 1.55. The molecule has 0 aliphatic heterocycles. The molecule has 0 saturated carbocycles. The smallest absolute Gasteiger partial charge is 0.401 e. The van der Waals surface area contributed by atoms with Crippen LogP contribution in [0.2, 0.25) is 0 Å². The first kappa shape index (κ1) is 15.3. The topological polar surface area (TPSA) is 64.3 Å². The van der Waals surface area contributed by atoms with Crippen molar-refractivity contribution in [2.24, 2.45) is 5.73 Å². The first-order valence-electron chi connectivity index (χ1n) is 5.65. The average Bonchev–Trinajstić information content (AvgIpc) is 2.28. The quantitative estimate of drug-likeness (QED) is 0.832. The van der Waals surface area contributed by atoms with Crippen molar-refractivity contribution in [2.75, 3.05) is 13.2 Å². The van der Waals surface area contributed by atoms with E-state index in [1.165, 1.54) is 12.1 Å². The predicted molar refractivity (Wildman–Crippen MR) is 63.6 cm³/mol. The number of benzene rings is 1. The second kappa shape index (κ2) is 6.42. The number of halogens is 3. The fraction of sp³-hybridized carbons (Fsp3) is 0.417. The lowest BCUT2D eigenvalue weighted by Crippen LogP contribution is -2.38. The lowest BCUT2D eigenvalue weighted by Gasteiger charge is -2.17. The van der Waals surface area contributed by atoms with Crippen LogP contribution >= 0.6 is 0 Å². The molecule has 0 bridgehead atoms. The molecular weight excluding hydrogens is 261 g/mol. The number of primary amides is 1. The van der Waals surface area contributed by atoms with Crippen molar-refractivity contribution in [1.29, 1.82) is 0 Å². The molecule has 4 nitrogen and oxygen atoms in total. The van der Waals surface area contributed by atoms with E-state index in [0.717, 1.165) is 0 Å². The summed E-state index contributed by atoms with van der Waals surface area (Å²) in [4.78, 5) is 11.2. The van der Waals surface area contributed by atoms with Gasteiger partial charge in [-0.15, -0.1) is 0 Å². The highest BCUT2D eigenvalue weighted by Crippen LogP contribution is 2.21. The lowest BCUT2D eigenvalue weighted by atomic mass is 10.1. The van der Waals surface area contributed by atoms with Gasteiger partial charge in [0.05, 0.1) is 13.2 Å². The zero-order chi connectivity index (χ0) is 14.5. The standard InChI is InChI=1S/C12H15F3N2O2/c1-2-19-9-5-3-4-8(6-9)10(11(16)18)17-7-12(13,14)15/h3-6,10,17H,2,7H2,1H3,(H2,16,18). The van der Waals surface area contributed by atoms with Gasteiger partial charge in [-0.3, -0.25) is 10.1 Å². The molecule has 1 aromatic carbocycles. The van der Waals surface area contributed by atoms with E-state index in [0.29, 0.717) is 17.9 Å². The monoisotopic (exact) mass is 276 g/mol. The van der Waals surface area contributed by atoms with Crippen molar-refractivity contribution in [2.45, 2.75) is 19.1 Å². The summed E-state index contributed by atoms with van der Waals surface area (Å²) < 4.78 is 41.7. The molecule has 106 valence electrons. The number of amides is 1. The van der Waals surface area contributed by atoms with Crippen molar-refractivity contribution in [1.82, 2.24) is 5.32 Å². The van der Waals surface area contributed by atoms with Crippen LogP contribution in [0.1, 0.15) is 18.5 Å². The Kier molecular flexibility index (Phi) is 5.17. The summed E-state index contributed by atoms with van der Waals surface area (Å²) in [6.07, 6.45) is -4.41. The van der Waals surface area contributed by atoms with Gasteiger partial charge in [0, 0.05) is 0 Å². The molecule has 0 aliphatic carbocycles. The Morgan fingerprint density at radius 2 is 2.16 bits per heavy atom. The summed E-state index contributed by atoms with van der Waals surface area (Å²) in [6.45, 7) is 0.903. The Balaban J connectivity index is 2.86. The number of rotatable bonds is 6. The SMILES string of the molecule is CCOc1cccc(C(NCC(F)(F)F)C(N)=O)c1. The van der Waals surface area contributed by atoms with Crippen LogP contribution < -0.4 is 15.8 Å². The highest BCUT2D eigenvalue weighted by molar-refractivity contribution is 5.81. The molecule has 0 saturated heterocycles. The third-order valence-corrected chi connectivity index (χ3v) is 2.29. The summed E-state index contributed by atoms with van der Waals surface area (Å²) in [5.74, 6) is -0.405. The van der Waals surface area contributed by atoms with Gasteiger partial charge in [-0.25, -0.2) is 0 Å². The van der Waals surface area contributed by atoms with E-state index in [2.05, 4.69) is 5.32 Å². The molecule has 0 fully saturated rings. The molecular formula is C12H15F3N2O2. The Hall–Kier alpha value is -1.76. The zero-order valence-electron chi connectivity index (χ0n) is 10.3. The Morgan fingerprint density at radius 3 is 2.68 bits per heavy atom. The zero-order valence-corrected chi connectivity index (χ0v) is 10.3. The number of carbonyl (C=O) groups is 1. The lowest BCUT2D eigenvalue weighted by molar-refractivity contribution is -0.130. The summed E-state index contributed by atoms with van der Waals surface area (Å²) in [7, 11) is 0. The molecule has 1 unspecified atom stereocenters. The van der Waals surface area contributed by atoms with Gasteiger partial charge in [-0.05, 0) is 24.6 Å². The third kappa shape index (κ3) is 5.17. The van der Waals surface area contributed by atoms with Crippen LogP contribution in [0.4, 0.5) is 13.2 Å². The van der Waals surface area contributed by atoms with Gasteiger partial charge in [-0.1, -0.05) is 12.1 Å². The van der Waals surface area contributed by atoms with Gasteiger partial charge >= 0.3 is 6.18 Å². The minimum Gasteiger partial charge on any atom is -0.494 e. The van der Waals surface area contributed by atoms with E-state index in [9.17, 15) is 18.0 Å². The van der Waals surface area contributed by atoms with Gasteiger partial charge in [-0.2, -0.15) is 13.2 Å². The third-order valence-electron chi connectivity index (χ3n) is 2.29. The van der Waals surface area contributed by atoms with E-state index in [-0.39, 0.29) is 0 Å². The molecule has 0 heterocycles. The maximum absolute atomic E-state index is 12.2. The fourth-order valence-corrected chi connectivity index (χ4v) is 1.55. The molecule has 0 spiro atoms. The number of hydrogen-bond acceptors (Lipinski definition) is 3. The molecule has 1 atom stereocenters. The van der Waals surface area contributed by atoms with Crippen molar-refractivity contribution in [3.05, 3.63) is 29.8 Å². The minimum absolute atomic E-state index is 0.336. The van der Waals surface area contributed by atoms with Crippen LogP contribution in [0.15, 0.2) is 24.3 Å². The summed E-state index contributed by atoms with van der Waals surface area (Å²) >= 11 is 0. The maximum atomic E-state index is 12.2. The van der Waals surface area contributed by atoms with Crippen molar-refractivity contribution < 1.29 is 22.7 Å². The van der Waals surface area contributed by atoms with Crippen LogP contribution in [-0.4, -0.2) is 25.2 Å². The highest BCUT2D eigenvalue weighted by Gasteiger charge is 2.30. The molecule has 1 amide bonds. The van der Waals surface area contributed by atoms with Crippen molar-refractivity contribution in [3.8, 4) is 5.75 Å². The molecule has 0 radical (unpaired) electrons. The maximum Gasteiger partial charge on any atom is 0.401 e. The first-order chi connectivity index (χ1) is 8.83. The van der Waals surface area contributed by atoms with E-state index in [4.69, 9.17) is 10.5 Å². The number of ether oxygens (including phenoxy) is 1. The summed E-state index contributed by atoms with van der Waals surface area (Å²) in [5.41, 5.74) is 5.45. The number of hydrogen-bond donors (Lipinski definition) is 2. The molecule has 19 heavy (non-hydrogen) atoms. The second-order valence-corrected chi connectivity index (χ2v) is 3.84. The average molecular weight is 276 g/mol. The minimum atomic E-state index is -4.41. The summed E-state index contributed by atoms with van der Waals surface area (Å²) in [6, 6.07) is 5.03. The van der Waals surface area contributed by atoms with Gasteiger partial charge in [0.1, 0.15) is 11.8 Å². The summed E-state index contributed by atoms with van der Waals surface area (Å²) in [5, 5.41) is 2.09. The Morgan fingerprint density at radius 1 is 1.47 bits per heavy atom. The number of alkyl halides is 3. The molecule has 1 rings (SSSR count). The number of nitrogens with two attached hydrogens (primary N) is 1. The van der Waals surface area contributed by atoms with E-state index >= 15 is 0 Å². The van der Waals surface area contributed by atoms with Crippen LogP contribution in [0, 0.1) is 0 Å². The van der Waals surface area contributed by atoms with E-state index in [1.807, 2.05) is 0 Å². The van der Waals surface area contributed by atoms with Crippen LogP contribution in [-0.2, 0) is 4.79 Å². The normalized spacial score (nSPS) is 13.1. The van der Waals surface area contributed by atoms with Crippen LogP contribution in [0.25, 0.3) is 0 Å². The molecule has 0 aromatic heterocycles. The van der Waals surface area contributed by atoms with E-state index in [1.54, 1.807) is 19.1 Å². The van der Waals surface area contributed by atoms with Crippen molar-refractivity contribution in [3.63, 3.8) is 0 Å². The largest absolute Gasteiger partial charge is 0.494 e.